The molecule has 38 heavy (non-hydrogen) atoms. The summed E-state index contributed by atoms with van der Waals surface area (Å²) in [5, 5.41) is 6.82. The lowest BCUT2D eigenvalue weighted by Crippen LogP contribution is -1.85. The van der Waals surface area contributed by atoms with Gasteiger partial charge in [0.1, 0.15) is 22.3 Å². The zero-order valence-electron chi connectivity index (χ0n) is 24.1. The van der Waals surface area contributed by atoms with E-state index in [0.29, 0.717) is 0 Å². The third-order valence-corrected chi connectivity index (χ3v) is 7.03. The molecule has 0 amide bonds. The fraction of sp³-hybridized carbons (Fsp3) is 0.257. The molecule has 6 aromatic rings. The Hall–Kier alpha value is -3.98. The number of ether oxygens (including phenoxy) is 1. The van der Waals surface area contributed by atoms with Gasteiger partial charge in [-0.1, -0.05) is 64.1 Å². The summed E-state index contributed by atoms with van der Waals surface area (Å²) in [5.41, 5.74) is 9.08. The van der Waals surface area contributed by atoms with Crippen molar-refractivity contribution in [2.24, 2.45) is 0 Å². The molecule has 0 aliphatic rings. The lowest BCUT2D eigenvalue weighted by molar-refractivity contribution is 0.297. The van der Waals surface area contributed by atoms with Crippen molar-refractivity contribution in [2.45, 2.75) is 55.4 Å². The second-order valence-electron chi connectivity index (χ2n) is 9.20. The summed E-state index contributed by atoms with van der Waals surface area (Å²) < 4.78 is 18.4. The maximum atomic E-state index is 6.50. The van der Waals surface area contributed by atoms with Crippen LogP contribution in [-0.4, -0.2) is 7.11 Å². The Balaban J connectivity index is 0.000000804. The van der Waals surface area contributed by atoms with Gasteiger partial charge in [-0.3, -0.25) is 0 Å². The summed E-state index contributed by atoms with van der Waals surface area (Å²) in [6, 6.07) is 15.2. The number of benzene rings is 4. The quantitative estimate of drug-likeness (QED) is 0.224. The van der Waals surface area contributed by atoms with Crippen LogP contribution >= 0.6 is 0 Å². The van der Waals surface area contributed by atoms with Crippen molar-refractivity contribution in [3.8, 4) is 0 Å². The first-order valence-corrected chi connectivity index (χ1v) is 13.5. The lowest BCUT2D eigenvalue weighted by atomic mass is 9.96. The molecule has 0 aliphatic heterocycles. The first kappa shape index (κ1) is 27.1. The van der Waals surface area contributed by atoms with Gasteiger partial charge in [-0.15, -0.1) is 0 Å². The van der Waals surface area contributed by atoms with Gasteiger partial charge >= 0.3 is 0 Å². The van der Waals surface area contributed by atoms with Gasteiger partial charge < -0.3 is 13.6 Å². The van der Waals surface area contributed by atoms with Crippen LogP contribution in [0.3, 0.4) is 0 Å². The predicted molar refractivity (Wildman–Crippen MR) is 166 cm³/mol. The van der Waals surface area contributed by atoms with Crippen LogP contribution in [0.2, 0.25) is 0 Å². The molecule has 0 spiro atoms. The van der Waals surface area contributed by atoms with Crippen LogP contribution in [0, 0.1) is 20.8 Å². The summed E-state index contributed by atoms with van der Waals surface area (Å²) in [4.78, 5) is 0. The number of hydrogen-bond acceptors (Lipinski definition) is 3. The Bertz CT molecular complexity index is 1840. The largest absolute Gasteiger partial charge is 0.501 e. The second-order valence-corrected chi connectivity index (χ2v) is 9.20. The Labute approximate surface area is 225 Å². The van der Waals surface area contributed by atoms with Crippen LogP contribution in [0.15, 0.2) is 63.6 Å². The van der Waals surface area contributed by atoms with E-state index in [1.807, 2.05) is 46.8 Å². The average molecular weight is 507 g/mol. The number of methoxy groups -OCH3 is 1. The van der Waals surface area contributed by atoms with E-state index >= 15 is 0 Å². The smallest absolute Gasteiger partial charge is 0.139 e. The molecule has 0 fully saturated rings. The summed E-state index contributed by atoms with van der Waals surface area (Å²) >= 11 is 0. The number of hydrogen-bond donors (Lipinski definition) is 0. The minimum atomic E-state index is 0.831. The minimum Gasteiger partial charge on any atom is -0.501 e. The highest BCUT2D eigenvalue weighted by Crippen LogP contribution is 2.44. The van der Waals surface area contributed by atoms with Gasteiger partial charge in [0.05, 0.1) is 12.9 Å². The lowest BCUT2D eigenvalue weighted by Gasteiger charge is -2.05. The Morgan fingerprint density at radius 2 is 1.32 bits per heavy atom. The molecule has 4 aromatic carbocycles. The van der Waals surface area contributed by atoms with Crippen molar-refractivity contribution >= 4 is 66.8 Å². The highest BCUT2D eigenvalue weighted by molar-refractivity contribution is 6.20. The number of allylic oxidation sites excluding steroid dienone is 1. The van der Waals surface area contributed by atoms with E-state index in [1.165, 1.54) is 16.3 Å². The molecule has 3 nitrogen and oxygen atoms in total. The normalized spacial score (nSPS) is 11.6. The molecular formula is C35H38O3. The molecule has 0 saturated carbocycles. The van der Waals surface area contributed by atoms with Gasteiger partial charge in [0, 0.05) is 32.7 Å². The molecule has 0 radical (unpaired) electrons. The third-order valence-electron chi connectivity index (χ3n) is 7.03. The molecule has 0 N–H and O–H groups in total. The summed E-state index contributed by atoms with van der Waals surface area (Å²) in [5.74, 6) is 0.831. The van der Waals surface area contributed by atoms with Crippen LogP contribution in [-0.2, 0) is 4.74 Å². The van der Waals surface area contributed by atoms with Gasteiger partial charge in [-0.2, -0.15) is 0 Å². The van der Waals surface area contributed by atoms with E-state index in [0.717, 1.165) is 71.9 Å². The highest BCUT2D eigenvalue weighted by atomic mass is 16.5. The Morgan fingerprint density at radius 3 is 1.89 bits per heavy atom. The Morgan fingerprint density at radius 1 is 0.737 bits per heavy atom. The number of aryl methyl sites for hydroxylation is 3. The van der Waals surface area contributed by atoms with Crippen LogP contribution in [0.1, 0.15) is 62.4 Å². The molecule has 0 aliphatic carbocycles. The number of rotatable bonds is 3. The van der Waals surface area contributed by atoms with Crippen molar-refractivity contribution in [3.05, 3.63) is 82.6 Å². The van der Waals surface area contributed by atoms with Crippen LogP contribution < -0.4 is 0 Å². The van der Waals surface area contributed by atoms with Crippen molar-refractivity contribution in [1.82, 2.24) is 0 Å². The average Bonchev–Trinajstić information content (AvgIpc) is 3.50. The van der Waals surface area contributed by atoms with Gasteiger partial charge in [-0.25, -0.2) is 0 Å². The van der Waals surface area contributed by atoms with E-state index in [2.05, 4.69) is 69.8 Å². The van der Waals surface area contributed by atoms with Crippen molar-refractivity contribution < 1.29 is 13.6 Å². The highest BCUT2D eigenvalue weighted by Gasteiger charge is 2.22. The topological polar surface area (TPSA) is 35.5 Å². The van der Waals surface area contributed by atoms with E-state index in [4.69, 9.17) is 13.6 Å². The zero-order chi connectivity index (χ0) is 27.7. The molecule has 196 valence electrons. The number of furan rings is 2. The van der Waals surface area contributed by atoms with Crippen molar-refractivity contribution in [3.63, 3.8) is 0 Å². The summed E-state index contributed by atoms with van der Waals surface area (Å²) in [6.45, 7) is 20.3. The number of fused-ring (bicyclic) bond motifs is 7. The van der Waals surface area contributed by atoms with Crippen LogP contribution in [0.5, 0.6) is 0 Å². The standard InChI is InChI=1S/C31H26O3.2C2H6/c1-7-20-12-24-27(15-23(20)11-17(3)32-6)34-30-19(5)29-25-13-21-9-8-16(2)10-22(21)14-26(25)33-31(29)18(4)28(24)30;2*1-2/h7-15H,1H2,2-6H3;2*1-2H3/b17-11+;;. The van der Waals surface area contributed by atoms with Crippen molar-refractivity contribution in [1.29, 1.82) is 0 Å². The second kappa shape index (κ2) is 10.8. The van der Waals surface area contributed by atoms with Gasteiger partial charge in [0.25, 0.3) is 0 Å². The van der Waals surface area contributed by atoms with E-state index in [9.17, 15) is 0 Å². The third kappa shape index (κ3) is 4.26. The fourth-order valence-electron chi connectivity index (χ4n) is 5.21. The monoisotopic (exact) mass is 506 g/mol. The molecule has 0 bridgehead atoms. The molecule has 2 heterocycles. The maximum absolute atomic E-state index is 6.50. The maximum Gasteiger partial charge on any atom is 0.139 e. The molecular weight excluding hydrogens is 468 g/mol. The minimum absolute atomic E-state index is 0.831. The summed E-state index contributed by atoms with van der Waals surface area (Å²) in [6.07, 6.45) is 3.89. The molecule has 0 saturated heterocycles. The van der Waals surface area contributed by atoms with E-state index in [1.54, 1.807) is 7.11 Å². The molecule has 0 unspecified atom stereocenters. The fourth-order valence-corrected chi connectivity index (χ4v) is 5.21. The molecule has 0 atom stereocenters. The van der Waals surface area contributed by atoms with Crippen molar-refractivity contribution in [2.75, 3.05) is 7.11 Å². The summed E-state index contributed by atoms with van der Waals surface area (Å²) in [7, 11) is 1.68. The van der Waals surface area contributed by atoms with Gasteiger partial charge in [0.15, 0.2) is 0 Å². The zero-order valence-corrected chi connectivity index (χ0v) is 24.1. The SMILES string of the molecule is C=Cc1cc2c(cc1/C=C(\C)OC)oc1c(C)c3c(oc4cc5cc(C)ccc5cc43)c(C)c12.CC.CC. The van der Waals surface area contributed by atoms with E-state index < -0.39 is 0 Å². The molecule has 2 aromatic heterocycles. The predicted octanol–water partition coefficient (Wildman–Crippen LogP) is 11.3. The van der Waals surface area contributed by atoms with Gasteiger partial charge in [0.2, 0.25) is 0 Å². The first-order chi connectivity index (χ1) is 18.4. The van der Waals surface area contributed by atoms with Gasteiger partial charge in [-0.05, 0) is 79.9 Å². The molecule has 6 rings (SSSR count). The van der Waals surface area contributed by atoms with Crippen LogP contribution in [0.25, 0.3) is 66.8 Å². The molecule has 3 heteroatoms. The Kier molecular flexibility index (Phi) is 7.68. The van der Waals surface area contributed by atoms with E-state index in [-0.39, 0.29) is 0 Å². The van der Waals surface area contributed by atoms with Crippen LogP contribution in [0.4, 0.5) is 0 Å². The first-order valence-electron chi connectivity index (χ1n) is 13.5.